The maximum absolute atomic E-state index is 5.84. The second-order valence-electron chi connectivity index (χ2n) is 4.33. The lowest BCUT2D eigenvalue weighted by Crippen LogP contribution is -2.19. The molecule has 1 aliphatic rings. The molecule has 80 valence electrons. The highest BCUT2D eigenvalue weighted by molar-refractivity contribution is 6.30. The van der Waals surface area contributed by atoms with Crippen LogP contribution in [0.1, 0.15) is 25.8 Å². The fourth-order valence-electron chi connectivity index (χ4n) is 1.82. The molecule has 1 nitrogen and oxygen atoms in total. The van der Waals surface area contributed by atoms with Gasteiger partial charge < -0.3 is 4.74 Å². The molecule has 0 radical (unpaired) electrons. The highest BCUT2D eigenvalue weighted by atomic mass is 35.5. The van der Waals surface area contributed by atoms with E-state index in [2.05, 4.69) is 19.9 Å². The summed E-state index contributed by atoms with van der Waals surface area (Å²) < 4.78 is 5.65. The van der Waals surface area contributed by atoms with E-state index in [1.54, 1.807) is 0 Å². The van der Waals surface area contributed by atoms with Crippen LogP contribution in [0, 0.1) is 0 Å². The van der Waals surface area contributed by atoms with E-state index in [0.29, 0.717) is 0 Å². The first-order chi connectivity index (χ1) is 7.08. The lowest BCUT2D eigenvalue weighted by molar-refractivity contribution is 0.0557. The van der Waals surface area contributed by atoms with Crippen LogP contribution in [0.15, 0.2) is 29.8 Å². The molecule has 0 bridgehead atoms. The summed E-state index contributed by atoms with van der Waals surface area (Å²) in [5, 5.41) is 0.777. The standard InChI is InChI=1S/C13H15ClO/c1-13(2)11(7-8-15-13)9-10-3-5-12(14)6-4-10/h3-6,9H,7-8H2,1-2H3/b11-9-. The van der Waals surface area contributed by atoms with Crippen molar-refractivity contribution >= 4 is 17.7 Å². The smallest absolute Gasteiger partial charge is 0.0839 e. The molecule has 0 saturated carbocycles. The Morgan fingerprint density at radius 1 is 1.27 bits per heavy atom. The van der Waals surface area contributed by atoms with Gasteiger partial charge in [-0.05, 0) is 43.5 Å². The van der Waals surface area contributed by atoms with E-state index in [4.69, 9.17) is 16.3 Å². The summed E-state index contributed by atoms with van der Waals surface area (Å²) in [6.07, 6.45) is 3.22. The Morgan fingerprint density at radius 3 is 2.47 bits per heavy atom. The van der Waals surface area contributed by atoms with E-state index in [0.717, 1.165) is 18.1 Å². The van der Waals surface area contributed by atoms with Crippen molar-refractivity contribution in [2.45, 2.75) is 25.9 Å². The van der Waals surface area contributed by atoms with Gasteiger partial charge in [0.25, 0.3) is 0 Å². The molecule has 1 aliphatic heterocycles. The van der Waals surface area contributed by atoms with E-state index in [9.17, 15) is 0 Å². The molecule has 0 aliphatic carbocycles. The Hall–Kier alpha value is -0.790. The molecule has 0 aromatic heterocycles. The molecular weight excluding hydrogens is 208 g/mol. The molecule has 1 aromatic carbocycles. The predicted molar refractivity (Wildman–Crippen MR) is 64.1 cm³/mol. The van der Waals surface area contributed by atoms with Gasteiger partial charge in [-0.3, -0.25) is 0 Å². The molecule has 0 amide bonds. The van der Waals surface area contributed by atoms with E-state index in [1.165, 1.54) is 11.1 Å². The van der Waals surface area contributed by atoms with Crippen molar-refractivity contribution in [2.24, 2.45) is 0 Å². The minimum Gasteiger partial charge on any atom is -0.371 e. The van der Waals surface area contributed by atoms with Crippen LogP contribution in [0.3, 0.4) is 0 Å². The zero-order valence-electron chi connectivity index (χ0n) is 9.09. The summed E-state index contributed by atoms with van der Waals surface area (Å²) >= 11 is 5.84. The first-order valence-corrected chi connectivity index (χ1v) is 5.56. The van der Waals surface area contributed by atoms with Crippen LogP contribution in [-0.4, -0.2) is 12.2 Å². The summed E-state index contributed by atoms with van der Waals surface area (Å²) in [6, 6.07) is 7.89. The predicted octanol–water partition coefficient (Wildman–Crippen LogP) is 3.92. The van der Waals surface area contributed by atoms with Crippen LogP contribution < -0.4 is 0 Å². The Labute approximate surface area is 95.7 Å². The van der Waals surface area contributed by atoms with Gasteiger partial charge in [-0.1, -0.05) is 29.8 Å². The first-order valence-electron chi connectivity index (χ1n) is 5.18. The fourth-order valence-corrected chi connectivity index (χ4v) is 1.94. The molecule has 1 fully saturated rings. The van der Waals surface area contributed by atoms with E-state index in [1.807, 2.05) is 24.3 Å². The average molecular weight is 223 g/mol. The van der Waals surface area contributed by atoms with Crippen molar-refractivity contribution in [1.29, 1.82) is 0 Å². The minimum absolute atomic E-state index is 0.111. The van der Waals surface area contributed by atoms with Crippen LogP contribution in [0.5, 0.6) is 0 Å². The third-order valence-electron chi connectivity index (χ3n) is 2.82. The molecule has 2 heteroatoms. The van der Waals surface area contributed by atoms with Gasteiger partial charge in [0, 0.05) is 5.02 Å². The zero-order chi connectivity index (χ0) is 10.9. The number of rotatable bonds is 1. The van der Waals surface area contributed by atoms with Gasteiger partial charge in [0.2, 0.25) is 0 Å². The molecule has 0 unspecified atom stereocenters. The van der Waals surface area contributed by atoms with Crippen LogP contribution in [-0.2, 0) is 4.74 Å². The van der Waals surface area contributed by atoms with Crippen LogP contribution in [0.2, 0.25) is 5.02 Å². The van der Waals surface area contributed by atoms with E-state index >= 15 is 0 Å². The van der Waals surface area contributed by atoms with Crippen molar-refractivity contribution in [3.8, 4) is 0 Å². The Bertz CT molecular complexity index is 376. The van der Waals surface area contributed by atoms with Gasteiger partial charge in [0.1, 0.15) is 0 Å². The molecule has 1 saturated heterocycles. The third kappa shape index (κ3) is 2.42. The lowest BCUT2D eigenvalue weighted by Gasteiger charge is -2.18. The molecule has 0 atom stereocenters. The van der Waals surface area contributed by atoms with Gasteiger partial charge in [0.05, 0.1) is 12.2 Å². The monoisotopic (exact) mass is 222 g/mol. The number of hydrogen-bond acceptors (Lipinski definition) is 1. The zero-order valence-corrected chi connectivity index (χ0v) is 9.84. The highest BCUT2D eigenvalue weighted by Crippen LogP contribution is 2.32. The van der Waals surface area contributed by atoms with Crippen LogP contribution >= 0.6 is 11.6 Å². The Morgan fingerprint density at radius 2 is 1.93 bits per heavy atom. The molecular formula is C13H15ClO. The summed E-state index contributed by atoms with van der Waals surface area (Å²) in [6.45, 7) is 5.05. The van der Waals surface area contributed by atoms with Gasteiger partial charge in [-0.25, -0.2) is 0 Å². The Kier molecular flexibility index (Phi) is 2.85. The second kappa shape index (κ2) is 3.99. The van der Waals surface area contributed by atoms with Crippen molar-refractivity contribution in [3.63, 3.8) is 0 Å². The number of ether oxygens (including phenoxy) is 1. The number of hydrogen-bond donors (Lipinski definition) is 0. The molecule has 1 heterocycles. The van der Waals surface area contributed by atoms with Gasteiger partial charge >= 0.3 is 0 Å². The maximum Gasteiger partial charge on any atom is 0.0839 e. The highest BCUT2D eigenvalue weighted by Gasteiger charge is 2.29. The summed E-state index contributed by atoms with van der Waals surface area (Å²) in [5.74, 6) is 0. The normalized spacial score (nSPS) is 22.2. The Balaban J connectivity index is 2.26. The second-order valence-corrected chi connectivity index (χ2v) is 4.77. The van der Waals surface area contributed by atoms with Gasteiger partial charge in [-0.2, -0.15) is 0 Å². The van der Waals surface area contributed by atoms with Crippen LogP contribution in [0.25, 0.3) is 6.08 Å². The van der Waals surface area contributed by atoms with E-state index < -0.39 is 0 Å². The molecule has 0 spiro atoms. The topological polar surface area (TPSA) is 9.23 Å². The van der Waals surface area contributed by atoms with Gasteiger partial charge in [0.15, 0.2) is 0 Å². The molecule has 2 rings (SSSR count). The SMILES string of the molecule is CC1(C)OCC/C1=C/c1ccc(Cl)cc1. The quantitative estimate of drug-likeness (QED) is 0.700. The summed E-state index contributed by atoms with van der Waals surface area (Å²) in [5.41, 5.74) is 2.43. The van der Waals surface area contributed by atoms with Crippen molar-refractivity contribution < 1.29 is 4.74 Å². The molecule has 15 heavy (non-hydrogen) atoms. The lowest BCUT2D eigenvalue weighted by atomic mass is 9.96. The molecule has 1 aromatic rings. The fraction of sp³-hybridized carbons (Fsp3) is 0.385. The van der Waals surface area contributed by atoms with Gasteiger partial charge in [-0.15, -0.1) is 0 Å². The number of benzene rings is 1. The van der Waals surface area contributed by atoms with E-state index in [-0.39, 0.29) is 5.60 Å². The minimum atomic E-state index is -0.111. The van der Waals surface area contributed by atoms with Crippen molar-refractivity contribution in [3.05, 3.63) is 40.4 Å². The van der Waals surface area contributed by atoms with Crippen molar-refractivity contribution in [2.75, 3.05) is 6.61 Å². The third-order valence-corrected chi connectivity index (χ3v) is 3.07. The number of halogens is 1. The molecule has 0 N–H and O–H groups in total. The first kappa shape index (κ1) is 10.7. The largest absolute Gasteiger partial charge is 0.371 e. The summed E-state index contributed by atoms with van der Waals surface area (Å²) in [4.78, 5) is 0. The van der Waals surface area contributed by atoms with Crippen LogP contribution in [0.4, 0.5) is 0 Å². The van der Waals surface area contributed by atoms with Crippen molar-refractivity contribution in [1.82, 2.24) is 0 Å². The maximum atomic E-state index is 5.84. The average Bonchev–Trinajstić information content (AvgIpc) is 2.50. The summed E-state index contributed by atoms with van der Waals surface area (Å²) in [7, 11) is 0.